The molecule has 4 rings (SSSR count). The van der Waals surface area contributed by atoms with Gasteiger partial charge in [0.15, 0.2) is 0 Å². The Morgan fingerprint density at radius 1 is 1.29 bits per heavy atom. The molecule has 9 nitrogen and oxygen atoms in total. The van der Waals surface area contributed by atoms with E-state index in [9.17, 15) is 19.5 Å². The number of halogens is 1. The molecule has 3 aliphatic heterocycles. The van der Waals surface area contributed by atoms with Gasteiger partial charge in [-0.1, -0.05) is 29.3 Å². The average molecular weight is 552 g/mol. The van der Waals surface area contributed by atoms with Crippen LogP contribution in [0.3, 0.4) is 0 Å². The molecule has 1 spiro atoms. The minimum atomic E-state index is -1.13. The highest BCUT2D eigenvalue weighted by atomic mass is 79.9. The number of aliphatic hydroxyl groups excluding tert-OH is 1. The van der Waals surface area contributed by atoms with Crippen molar-refractivity contribution in [2.75, 3.05) is 25.1 Å². The van der Waals surface area contributed by atoms with Crippen molar-refractivity contribution in [2.45, 2.75) is 68.6 Å². The highest BCUT2D eigenvalue weighted by Gasteiger charge is 2.76. The number of nitrogens with one attached hydrogen (secondary N) is 2. The Bertz CT molecular complexity index is 959. The minimum absolute atomic E-state index is 0.182. The third-order valence-electron chi connectivity index (χ3n) is 7.28. The number of nitrogens with zero attached hydrogens (tertiary/aromatic N) is 1. The number of likely N-dealkylation sites (tertiary alicyclic amines) is 1. The molecule has 0 aliphatic carbocycles. The Kier molecular flexibility index (Phi) is 7.73. The van der Waals surface area contributed by atoms with E-state index in [1.165, 1.54) is 4.90 Å². The van der Waals surface area contributed by atoms with Gasteiger partial charge in [-0.05, 0) is 51.0 Å². The number of aliphatic hydroxyl groups is 1. The zero-order chi connectivity index (χ0) is 25.3. The molecule has 1 aromatic carbocycles. The molecule has 7 atom stereocenters. The first-order valence-corrected chi connectivity index (χ1v) is 13.3. The number of benzene rings is 1. The molecule has 0 aromatic heterocycles. The first-order chi connectivity index (χ1) is 16.8. The fourth-order valence-corrected chi connectivity index (χ4v) is 6.68. The quantitative estimate of drug-likeness (QED) is 0.302. The Hall–Kier alpha value is -2.17. The lowest BCUT2D eigenvalue weighted by atomic mass is 9.70. The summed E-state index contributed by atoms with van der Waals surface area (Å²) in [4.78, 5) is 41.9. The number of hydrogen-bond donors (Lipinski definition) is 3. The van der Waals surface area contributed by atoms with Gasteiger partial charge in [0.25, 0.3) is 0 Å². The lowest BCUT2D eigenvalue weighted by molar-refractivity contribution is -0.144. The van der Waals surface area contributed by atoms with Crippen molar-refractivity contribution in [1.82, 2.24) is 10.2 Å². The molecule has 2 bridgehead atoms. The van der Waals surface area contributed by atoms with Gasteiger partial charge in [0.05, 0.1) is 37.2 Å². The van der Waals surface area contributed by atoms with E-state index in [4.69, 9.17) is 9.47 Å². The third kappa shape index (κ3) is 4.44. The van der Waals surface area contributed by atoms with Crippen LogP contribution in [0.25, 0.3) is 0 Å². The summed E-state index contributed by atoms with van der Waals surface area (Å²) in [5, 5.41) is 15.7. The maximum atomic E-state index is 13.8. The van der Waals surface area contributed by atoms with Gasteiger partial charge in [0.1, 0.15) is 17.4 Å². The van der Waals surface area contributed by atoms with Gasteiger partial charge >= 0.3 is 0 Å². The summed E-state index contributed by atoms with van der Waals surface area (Å²) in [7, 11) is 0. The number of ether oxygens (including phenoxy) is 2. The van der Waals surface area contributed by atoms with Gasteiger partial charge in [-0.15, -0.1) is 0 Å². The van der Waals surface area contributed by atoms with Crippen molar-refractivity contribution < 1.29 is 29.0 Å². The number of rotatable bonds is 10. The Morgan fingerprint density at radius 2 is 2.00 bits per heavy atom. The van der Waals surface area contributed by atoms with Crippen LogP contribution in [0.4, 0.5) is 5.69 Å². The van der Waals surface area contributed by atoms with Crippen LogP contribution in [0.1, 0.15) is 40.0 Å². The summed E-state index contributed by atoms with van der Waals surface area (Å²) < 4.78 is 11.9. The summed E-state index contributed by atoms with van der Waals surface area (Å²) in [5.41, 5.74) is -0.544. The second-order valence-corrected chi connectivity index (χ2v) is 10.7. The molecule has 3 saturated heterocycles. The molecule has 0 saturated carbocycles. The number of carbonyl (C=O) groups is 3. The van der Waals surface area contributed by atoms with E-state index in [1.807, 2.05) is 13.8 Å². The molecule has 3 N–H and O–H groups in total. The predicted octanol–water partition coefficient (Wildman–Crippen LogP) is 2.07. The third-order valence-corrected chi connectivity index (χ3v) is 8.12. The van der Waals surface area contributed by atoms with E-state index in [2.05, 4.69) is 26.6 Å². The molecule has 3 fully saturated rings. The van der Waals surface area contributed by atoms with Gasteiger partial charge in [0.2, 0.25) is 17.7 Å². The zero-order valence-electron chi connectivity index (χ0n) is 20.3. The highest BCUT2D eigenvalue weighted by molar-refractivity contribution is 9.09. The second kappa shape index (κ2) is 10.4. The maximum absolute atomic E-state index is 13.8. The van der Waals surface area contributed by atoms with Crippen molar-refractivity contribution >= 4 is 39.3 Å². The summed E-state index contributed by atoms with van der Waals surface area (Å²) >= 11 is 3.65. The van der Waals surface area contributed by atoms with Crippen molar-refractivity contribution in [1.29, 1.82) is 0 Å². The molecule has 10 heteroatoms. The van der Waals surface area contributed by atoms with Gasteiger partial charge < -0.3 is 30.1 Å². The van der Waals surface area contributed by atoms with E-state index in [0.717, 1.165) is 12.8 Å². The molecule has 1 aromatic rings. The first kappa shape index (κ1) is 25.9. The van der Waals surface area contributed by atoms with Crippen LogP contribution in [0, 0.1) is 11.8 Å². The number of unbranched alkanes of at least 4 members (excludes halogenated alkanes) is 1. The fraction of sp³-hybridized carbons (Fsp3) is 0.640. The fourth-order valence-electron chi connectivity index (χ4n) is 5.74. The average Bonchev–Trinajstić information content (AvgIpc) is 3.43. The zero-order valence-corrected chi connectivity index (χ0v) is 21.9. The Balaban J connectivity index is 1.63. The van der Waals surface area contributed by atoms with Crippen LogP contribution in [0.2, 0.25) is 0 Å². The SMILES string of the molecule is CCCCNC(=O)C1N([C@H](C)CO)C(=O)[C@@H]2[C@@H](C(=O)Nc3ccc(OCC)cc3)[C@@H]3OC12CC3Br. The van der Waals surface area contributed by atoms with Crippen LogP contribution in [-0.4, -0.2) is 76.1 Å². The summed E-state index contributed by atoms with van der Waals surface area (Å²) in [5.74, 6) is -1.83. The number of alkyl halides is 1. The van der Waals surface area contributed by atoms with E-state index < -0.39 is 35.6 Å². The largest absolute Gasteiger partial charge is 0.494 e. The van der Waals surface area contributed by atoms with Gasteiger partial charge in [0, 0.05) is 17.1 Å². The lowest BCUT2D eigenvalue weighted by Crippen LogP contribution is -2.57. The summed E-state index contributed by atoms with van der Waals surface area (Å²) in [6.45, 7) is 6.37. The van der Waals surface area contributed by atoms with Crippen LogP contribution >= 0.6 is 15.9 Å². The minimum Gasteiger partial charge on any atom is -0.494 e. The molecular formula is C25H34BrN3O6. The van der Waals surface area contributed by atoms with Crippen LogP contribution < -0.4 is 15.4 Å². The predicted molar refractivity (Wildman–Crippen MR) is 133 cm³/mol. The maximum Gasteiger partial charge on any atom is 0.245 e. The number of anilines is 1. The molecule has 3 amide bonds. The van der Waals surface area contributed by atoms with E-state index in [0.29, 0.717) is 31.0 Å². The van der Waals surface area contributed by atoms with Gasteiger partial charge in [-0.25, -0.2) is 0 Å². The molecule has 3 unspecified atom stereocenters. The lowest BCUT2D eigenvalue weighted by Gasteiger charge is -2.35. The molecule has 192 valence electrons. The van der Waals surface area contributed by atoms with Crippen molar-refractivity contribution in [3.05, 3.63) is 24.3 Å². The second-order valence-electron chi connectivity index (χ2n) is 9.53. The van der Waals surface area contributed by atoms with Crippen molar-refractivity contribution in [2.24, 2.45) is 11.8 Å². The van der Waals surface area contributed by atoms with Crippen LogP contribution in [0.5, 0.6) is 5.75 Å². The van der Waals surface area contributed by atoms with Crippen LogP contribution in [0.15, 0.2) is 24.3 Å². The summed E-state index contributed by atoms with van der Waals surface area (Å²) in [6, 6.07) is 5.54. The highest BCUT2D eigenvalue weighted by Crippen LogP contribution is 2.60. The molecular weight excluding hydrogens is 518 g/mol. The van der Waals surface area contributed by atoms with Gasteiger partial charge in [-0.3, -0.25) is 14.4 Å². The number of amides is 3. The summed E-state index contributed by atoms with van der Waals surface area (Å²) in [6.07, 6.45) is 1.63. The number of carbonyl (C=O) groups excluding carboxylic acids is 3. The van der Waals surface area contributed by atoms with Gasteiger partial charge in [-0.2, -0.15) is 0 Å². The monoisotopic (exact) mass is 551 g/mol. The van der Waals surface area contributed by atoms with Crippen LogP contribution in [-0.2, 0) is 19.1 Å². The van der Waals surface area contributed by atoms with Crippen molar-refractivity contribution in [3.63, 3.8) is 0 Å². The van der Waals surface area contributed by atoms with E-state index in [-0.39, 0.29) is 29.2 Å². The topological polar surface area (TPSA) is 117 Å². The molecule has 3 heterocycles. The molecule has 3 aliphatic rings. The van der Waals surface area contributed by atoms with E-state index in [1.54, 1.807) is 31.2 Å². The molecule has 0 radical (unpaired) electrons. The first-order valence-electron chi connectivity index (χ1n) is 12.3. The standard InChI is InChI=1S/C25H34BrN3O6/c1-4-6-11-27-23(32)21-25-12-17(26)20(35-25)18(19(25)24(33)29(21)14(3)13-30)22(31)28-15-7-9-16(10-8-15)34-5-2/h7-10,14,17-21,30H,4-6,11-13H2,1-3H3,(H,27,32)(H,28,31)/t14-,17?,18-,19+,20-,21?,25?/m1/s1. The molecule has 35 heavy (non-hydrogen) atoms. The van der Waals surface area contributed by atoms with Crippen molar-refractivity contribution in [3.8, 4) is 5.75 Å². The smallest absolute Gasteiger partial charge is 0.245 e. The number of fused-ring (bicyclic) bond motifs is 1. The normalized spacial score (nSPS) is 31.9. The Labute approximate surface area is 214 Å². The Morgan fingerprint density at radius 3 is 2.63 bits per heavy atom. The number of hydrogen-bond acceptors (Lipinski definition) is 6. The van der Waals surface area contributed by atoms with E-state index >= 15 is 0 Å².